The summed E-state index contributed by atoms with van der Waals surface area (Å²) < 4.78 is 4.26. The largest absolute Gasteiger partial charge is 0.360 e. The van der Waals surface area contributed by atoms with E-state index in [2.05, 4.69) is 21.6 Å². The van der Waals surface area contributed by atoms with Crippen LogP contribution in [0.4, 0.5) is 10.8 Å². The molecule has 2 rings (SSSR count). The lowest BCUT2D eigenvalue weighted by molar-refractivity contribution is -0.384. The molecule has 20 heavy (non-hydrogen) atoms. The predicted octanol–water partition coefficient (Wildman–Crippen LogP) is 3.05. The smallest absolute Gasteiger partial charge is 0.269 e. The minimum absolute atomic E-state index is 0.120. The van der Waals surface area contributed by atoms with Gasteiger partial charge in [0.1, 0.15) is 5.82 Å². The first-order chi connectivity index (χ1) is 9.69. The molecule has 0 aliphatic rings. The molecular weight excluding hydrogens is 276 g/mol. The van der Waals surface area contributed by atoms with Gasteiger partial charge >= 0.3 is 0 Å². The average Bonchev–Trinajstić information content (AvgIpc) is 2.87. The van der Waals surface area contributed by atoms with E-state index in [9.17, 15) is 10.1 Å². The van der Waals surface area contributed by atoms with E-state index in [1.54, 1.807) is 12.1 Å². The molecule has 7 heteroatoms. The van der Waals surface area contributed by atoms with Gasteiger partial charge in [-0.25, -0.2) is 4.98 Å². The summed E-state index contributed by atoms with van der Waals surface area (Å²) in [6.07, 6.45) is 2.74. The Hall–Kier alpha value is -2.02. The number of nitro benzene ring substituents is 1. The molecule has 1 N–H and O–H groups in total. The Bertz CT molecular complexity index is 568. The summed E-state index contributed by atoms with van der Waals surface area (Å²) in [7, 11) is 0. The van der Waals surface area contributed by atoms with Crippen LogP contribution in [0.5, 0.6) is 0 Å². The molecule has 0 aliphatic carbocycles. The van der Waals surface area contributed by atoms with Crippen LogP contribution in [0.15, 0.2) is 24.3 Å². The first kappa shape index (κ1) is 14.4. The summed E-state index contributed by atoms with van der Waals surface area (Å²) in [5.41, 5.74) is 1.18. The molecule has 0 atom stereocenters. The number of nitrogens with one attached hydrogen (secondary N) is 1. The fraction of sp³-hybridized carbons (Fsp3) is 0.385. The maximum atomic E-state index is 10.5. The predicted molar refractivity (Wildman–Crippen MR) is 79.2 cm³/mol. The molecule has 106 valence electrons. The highest BCUT2D eigenvalue weighted by molar-refractivity contribution is 7.09. The van der Waals surface area contributed by atoms with Crippen LogP contribution in [0, 0.1) is 10.1 Å². The van der Waals surface area contributed by atoms with Crippen molar-refractivity contribution in [3.8, 4) is 0 Å². The third-order valence-corrected chi connectivity index (χ3v) is 3.49. The van der Waals surface area contributed by atoms with Gasteiger partial charge in [0.05, 0.1) is 4.92 Å². The third-order valence-electron chi connectivity index (χ3n) is 2.78. The van der Waals surface area contributed by atoms with Crippen molar-refractivity contribution in [3.63, 3.8) is 0 Å². The Labute approximate surface area is 121 Å². The summed E-state index contributed by atoms with van der Waals surface area (Å²) in [6, 6.07) is 6.62. The van der Waals surface area contributed by atoms with Crippen LogP contribution in [0.1, 0.15) is 24.7 Å². The highest BCUT2D eigenvalue weighted by atomic mass is 32.1. The van der Waals surface area contributed by atoms with Crippen molar-refractivity contribution >= 4 is 22.4 Å². The van der Waals surface area contributed by atoms with Crippen LogP contribution in [0.2, 0.25) is 0 Å². The van der Waals surface area contributed by atoms with Gasteiger partial charge in [0.15, 0.2) is 0 Å². The Morgan fingerprint density at radius 2 is 2.05 bits per heavy atom. The van der Waals surface area contributed by atoms with E-state index in [4.69, 9.17) is 0 Å². The number of hydrogen-bond donors (Lipinski definition) is 1. The van der Waals surface area contributed by atoms with Gasteiger partial charge in [-0.15, -0.1) is 0 Å². The number of rotatable bonds is 7. The van der Waals surface area contributed by atoms with Gasteiger partial charge in [-0.3, -0.25) is 10.1 Å². The molecule has 0 fully saturated rings. The number of nitrogens with zero attached hydrogens (tertiary/aromatic N) is 3. The summed E-state index contributed by atoms with van der Waals surface area (Å²) in [5.74, 6) is 0.885. The van der Waals surface area contributed by atoms with Crippen LogP contribution in [-0.4, -0.2) is 20.8 Å². The van der Waals surface area contributed by atoms with Crippen molar-refractivity contribution in [2.75, 3.05) is 11.9 Å². The molecule has 1 aromatic heterocycles. The molecule has 0 saturated heterocycles. The van der Waals surface area contributed by atoms with Gasteiger partial charge < -0.3 is 5.32 Å². The molecule has 6 nitrogen and oxygen atoms in total. The van der Waals surface area contributed by atoms with Gasteiger partial charge in [0.2, 0.25) is 5.13 Å². The second kappa shape index (κ2) is 6.95. The SMILES string of the molecule is CCCc1nsc(NCCc2ccc([N+](=O)[O-])cc2)n1. The zero-order valence-corrected chi connectivity index (χ0v) is 12.0. The first-order valence-corrected chi connectivity index (χ1v) is 7.26. The monoisotopic (exact) mass is 292 g/mol. The maximum Gasteiger partial charge on any atom is 0.269 e. The number of aromatic nitrogens is 2. The number of non-ortho nitro benzene ring substituents is 1. The molecule has 0 unspecified atom stereocenters. The minimum atomic E-state index is -0.390. The summed E-state index contributed by atoms with van der Waals surface area (Å²) in [6.45, 7) is 2.83. The van der Waals surface area contributed by atoms with Crippen molar-refractivity contribution in [2.24, 2.45) is 0 Å². The quantitative estimate of drug-likeness (QED) is 0.626. The second-order valence-electron chi connectivity index (χ2n) is 4.37. The molecular formula is C13H16N4O2S. The first-order valence-electron chi connectivity index (χ1n) is 6.49. The third kappa shape index (κ3) is 3.99. The molecule has 0 aliphatic heterocycles. The highest BCUT2D eigenvalue weighted by Gasteiger charge is 2.05. The molecule has 0 saturated carbocycles. The lowest BCUT2D eigenvalue weighted by atomic mass is 10.1. The van der Waals surface area contributed by atoms with E-state index in [0.29, 0.717) is 0 Å². The van der Waals surface area contributed by atoms with Crippen molar-refractivity contribution in [2.45, 2.75) is 26.2 Å². The lowest BCUT2D eigenvalue weighted by Crippen LogP contribution is -2.04. The molecule has 1 heterocycles. The van der Waals surface area contributed by atoms with Gasteiger partial charge in [-0.05, 0) is 18.4 Å². The minimum Gasteiger partial charge on any atom is -0.360 e. The normalized spacial score (nSPS) is 10.4. The van der Waals surface area contributed by atoms with Crippen molar-refractivity contribution in [3.05, 3.63) is 45.8 Å². The number of benzene rings is 1. The lowest BCUT2D eigenvalue weighted by Gasteiger charge is -2.02. The number of anilines is 1. The molecule has 0 spiro atoms. The highest BCUT2D eigenvalue weighted by Crippen LogP contribution is 2.14. The molecule has 2 aromatic rings. The standard InChI is InChI=1S/C13H16N4O2S/c1-2-3-12-15-13(20-16-12)14-9-8-10-4-6-11(7-5-10)17(18)19/h4-7H,2-3,8-9H2,1H3,(H,14,15,16). The fourth-order valence-electron chi connectivity index (χ4n) is 1.75. The molecule has 0 amide bonds. The summed E-state index contributed by atoms with van der Waals surface area (Å²) >= 11 is 1.37. The van der Waals surface area contributed by atoms with Gasteiger partial charge in [0.25, 0.3) is 5.69 Å². The van der Waals surface area contributed by atoms with E-state index in [1.165, 1.54) is 23.7 Å². The van der Waals surface area contributed by atoms with Crippen molar-refractivity contribution in [1.29, 1.82) is 0 Å². The van der Waals surface area contributed by atoms with E-state index in [-0.39, 0.29) is 5.69 Å². The van der Waals surface area contributed by atoms with E-state index < -0.39 is 4.92 Å². The second-order valence-corrected chi connectivity index (χ2v) is 5.12. The number of nitro groups is 1. The zero-order chi connectivity index (χ0) is 14.4. The van der Waals surface area contributed by atoms with Gasteiger partial charge in [-0.2, -0.15) is 4.37 Å². The number of aryl methyl sites for hydroxylation is 1. The van der Waals surface area contributed by atoms with Crippen molar-refractivity contribution in [1.82, 2.24) is 9.36 Å². The Balaban J connectivity index is 1.81. The van der Waals surface area contributed by atoms with Gasteiger partial charge in [0, 0.05) is 36.6 Å². The zero-order valence-electron chi connectivity index (χ0n) is 11.2. The Morgan fingerprint density at radius 3 is 2.70 bits per heavy atom. The summed E-state index contributed by atoms with van der Waals surface area (Å²) in [4.78, 5) is 14.5. The van der Waals surface area contributed by atoms with Crippen LogP contribution >= 0.6 is 11.5 Å². The van der Waals surface area contributed by atoms with Crippen LogP contribution in [0.25, 0.3) is 0 Å². The number of hydrogen-bond acceptors (Lipinski definition) is 6. The van der Waals surface area contributed by atoms with E-state index in [1.807, 2.05) is 0 Å². The van der Waals surface area contributed by atoms with Crippen LogP contribution in [-0.2, 0) is 12.8 Å². The van der Waals surface area contributed by atoms with Crippen LogP contribution in [0.3, 0.4) is 0 Å². The molecule has 0 bridgehead atoms. The van der Waals surface area contributed by atoms with Crippen LogP contribution < -0.4 is 5.32 Å². The Kier molecular flexibility index (Phi) is 5.00. The average molecular weight is 292 g/mol. The Morgan fingerprint density at radius 1 is 1.30 bits per heavy atom. The topological polar surface area (TPSA) is 81.0 Å². The summed E-state index contributed by atoms with van der Waals surface area (Å²) in [5, 5.41) is 14.6. The van der Waals surface area contributed by atoms with E-state index in [0.717, 1.165) is 42.3 Å². The van der Waals surface area contributed by atoms with Gasteiger partial charge in [-0.1, -0.05) is 19.1 Å². The van der Waals surface area contributed by atoms with Crippen molar-refractivity contribution < 1.29 is 4.92 Å². The maximum absolute atomic E-state index is 10.5. The molecule has 0 radical (unpaired) electrons. The molecule has 1 aromatic carbocycles. The fourth-order valence-corrected chi connectivity index (χ4v) is 2.39. The van der Waals surface area contributed by atoms with E-state index >= 15 is 0 Å².